The first-order valence-electron chi connectivity index (χ1n) is 8.05. The third-order valence-electron chi connectivity index (χ3n) is 4.36. The van der Waals surface area contributed by atoms with Gasteiger partial charge in [-0.2, -0.15) is 13.2 Å². The molecule has 1 aromatic heterocycles. The van der Waals surface area contributed by atoms with Crippen molar-refractivity contribution in [3.63, 3.8) is 0 Å². The number of rotatable bonds is 5. The molecule has 0 aliphatic heterocycles. The SMILES string of the molecule is CN=C(NCc1nc(C(F)(F)F)cs1)NCC1(c2cccc(Br)c2)CC1. The van der Waals surface area contributed by atoms with E-state index >= 15 is 0 Å². The molecular weight excluding hydrogens is 429 g/mol. The van der Waals surface area contributed by atoms with Crippen molar-refractivity contribution in [2.75, 3.05) is 13.6 Å². The van der Waals surface area contributed by atoms with Gasteiger partial charge >= 0.3 is 6.18 Å². The fourth-order valence-corrected chi connectivity index (χ4v) is 3.83. The standard InChI is InChI=1S/C17H18BrF3N4S/c1-22-15(23-8-14-25-13(9-26-14)17(19,20)21)24-10-16(5-6-16)11-3-2-4-12(18)7-11/h2-4,7,9H,5-6,8,10H2,1H3,(H2,22,23,24). The summed E-state index contributed by atoms with van der Waals surface area (Å²) in [5, 5.41) is 7.70. The van der Waals surface area contributed by atoms with Crippen LogP contribution in [0.25, 0.3) is 0 Å². The molecule has 0 radical (unpaired) electrons. The third-order valence-corrected chi connectivity index (χ3v) is 5.70. The maximum absolute atomic E-state index is 12.6. The molecule has 2 N–H and O–H groups in total. The molecule has 0 atom stereocenters. The molecule has 26 heavy (non-hydrogen) atoms. The number of nitrogens with one attached hydrogen (secondary N) is 2. The summed E-state index contributed by atoms with van der Waals surface area (Å²) < 4.78 is 38.8. The number of aromatic nitrogens is 1. The number of hydrogen-bond acceptors (Lipinski definition) is 3. The van der Waals surface area contributed by atoms with Gasteiger partial charge in [0.05, 0.1) is 6.54 Å². The number of nitrogens with zero attached hydrogens (tertiary/aromatic N) is 2. The quantitative estimate of drug-likeness (QED) is 0.530. The number of thiazole rings is 1. The monoisotopic (exact) mass is 446 g/mol. The zero-order valence-electron chi connectivity index (χ0n) is 14.0. The highest BCUT2D eigenvalue weighted by atomic mass is 79.9. The van der Waals surface area contributed by atoms with Gasteiger partial charge in [-0.1, -0.05) is 28.1 Å². The van der Waals surface area contributed by atoms with Crippen molar-refractivity contribution in [3.05, 3.63) is 50.4 Å². The van der Waals surface area contributed by atoms with Gasteiger partial charge in [0, 0.05) is 28.9 Å². The number of alkyl halides is 3. The van der Waals surface area contributed by atoms with E-state index in [0.29, 0.717) is 11.0 Å². The van der Waals surface area contributed by atoms with E-state index in [1.165, 1.54) is 5.56 Å². The van der Waals surface area contributed by atoms with E-state index < -0.39 is 11.9 Å². The van der Waals surface area contributed by atoms with Crippen molar-refractivity contribution in [1.82, 2.24) is 15.6 Å². The maximum atomic E-state index is 12.6. The van der Waals surface area contributed by atoms with E-state index in [9.17, 15) is 13.2 Å². The molecule has 1 aromatic carbocycles. The summed E-state index contributed by atoms with van der Waals surface area (Å²) in [4.78, 5) is 7.75. The highest BCUT2D eigenvalue weighted by Gasteiger charge is 2.44. The lowest BCUT2D eigenvalue weighted by molar-refractivity contribution is -0.140. The number of benzene rings is 1. The summed E-state index contributed by atoms with van der Waals surface area (Å²) in [7, 11) is 1.64. The molecule has 0 amide bonds. The van der Waals surface area contributed by atoms with Gasteiger partial charge in [0.2, 0.25) is 0 Å². The molecule has 1 aliphatic carbocycles. The molecule has 1 aliphatic rings. The molecule has 1 saturated carbocycles. The average Bonchev–Trinajstić information content (AvgIpc) is 3.22. The van der Waals surface area contributed by atoms with Crippen LogP contribution in [0.3, 0.4) is 0 Å². The zero-order chi connectivity index (χ0) is 18.8. The van der Waals surface area contributed by atoms with Crippen molar-refractivity contribution in [2.45, 2.75) is 31.0 Å². The minimum Gasteiger partial charge on any atom is -0.356 e. The summed E-state index contributed by atoms with van der Waals surface area (Å²) in [6, 6.07) is 8.26. The predicted molar refractivity (Wildman–Crippen MR) is 100 cm³/mol. The second kappa shape index (κ2) is 7.56. The molecular formula is C17H18BrF3N4S. The zero-order valence-corrected chi connectivity index (χ0v) is 16.4. The summed E-state index contributed by atoms with van der Waals surface area (Å²) >= 11 is 4.48. The Labute approximate surface area is 162 Å². The lowest BCUT2D eigenvalue weighted by Crippen LogP contribution is -2.40. The number of hydrogen-bond donors (Lipinski definition) is 2. The van der Waals surface area contributed by atoms with Crippen LogP contribution in [0.4, 0.5) is 13.2 Å². The molecule has 0 spiro atoms. The second-order valence-electron chi connectivity index (χ2n) is 6.19. The highest BCUT2D eigenvalue weighted by Crippen LogP contribution is 2.48. The minimum atomic E-state index is -4.41. The van der Waals surface area contributed by atoms with Gasteiger partial charge in [-0.3, -0.25) is 4.99 Å². The molecule has 1 heterocycles. The second-order valence-corrected chi connectivity index (χ2v) is 8.05. The Morgan fingerprint density at radius 1 is 1.35 bits per heavy atom. The largest absolute Gasteiger partial charge is 0.434 e. The van der Waals surface area contributed by atoms with Crippen molar-refractivity contribution in [3.8, 4) is 0 Å². The first kappa shape index (κ1) is 19.2. The van der Waals surface area contributed by atoms with Gasteiger partial charge in [-0.05, 0) is 30.5 Å². The van der Waals surface area contributed by atoms with Gasteiger partial charge in [-0.25, -0.2) is 4.98 Å². The summed E-state index contributed by atoms with van der Waals surface area (Å²) in [5.41, 5.74) is 0.505. The molecule has 140 valence electrons. The van der Waals surface area contributed by atoms with Gasteiger partial charge in [0.1, 0.15) is 5.01 Å². The number of guanidine groups is 1. The van der Waals surface area contributed by atoms with E-state index in [1.807, 2.05) is 12.1 Å². The Bertz CT molecular complexity index is 799. The fourth-order valence-electron chi connectivity index (χ4n) is 2.69. The van der Waals surface area contributed by atoms with Gasteiger partial charge < -0.3 is 10.6 Å². The van der Waals surface area contributed by atoms with E-state index in [2.05, 4.69) is 48.7 Å². The average molecular weight is 447 g/mol. The Morgan fingerprint density at radius 3 is 2.69 bits per heavy atom. The lowest BCUT2D eigenvalue weighted by atomic mass is 9.96. The Morgan fingerprint density at radius 2 is 2.12 bits per heavy atom. The third kappa shape index (κ3) is 4.56. The smallest absolute Gasteiger partial charge is 0.356 e. The Balaban J connectivity index is 1.55. The van der Waals surface area contributed by atoms with Crippen LogP contribution in [-0.2, 0) is 18.1 Å². The molecule has 4 nitrogen and oxygen atoms in total. The molecule has 1 fully saturated rings. The van der Waals surface area contributed by atoms with Crippen LogP contribution in [0.1, 0.15) is 29.1 Å². The normalized spacial score (nSPS) is 16.4. The summed E-state index contributed by atoms with van der Waals surface area (Å²) in [6.45, 7) is 0.916. The van der Waals surface area contributed by atoms with Crippen LogP contribution < -0.4 is 10.6 Å². The Kier molecular flexibility index (Phi) is 5.57. The highest BCUT2D eigenvalue weighted by molar-refractivity contribution is 9.10. The van der Waals surface area contributed by atoms with Crippen LogP contribution in [0.15, 0.2) is 39.1 Å². The van der Waals surface area contributed by atoms with Crippen molar-refractivity contribution in [2.24, 2.45) is 4.99 Å². The van der Waals surface area contributed by atoms with Crippen LogP contribution in [0.5, 0.6) is 0 Å². The minimum absolute atomic E-state index is 0.0893. The topological polar surface area (TPSA) is 49.3 Å². The molecule has 0 unspecified atom stereocenters. The molecule has 9 heteroatoms. The maximum Gasteiger partial charge on any atom is 0.434 e. The van der Waals surface area contributed by atoms with Crippen molar-refractivity contribution in [1.29, 1.82) is 0 Å². The number of halogens is 4. The van der Waals surface area contributed by atoms with Crippen LogP contribution >= 0.6 is 27.3 Å². The molecule has 0 saturated heterocycles. The van der Waals surface area contributed by atoms with E-state index in [1.54, 1.807) is 7.05 Å². The van der Waals surface area contributed by atoms with Gasteiger partial charge in [0.15, 0.2) is 11.7 Å². The predicted octanol–water partition coefficient (Wildman–Crippen LogP) is 4.32. The van der Waals surface area contributed by atoms with E-state index in [4.69, 9.17) is 0 Å². The van der Waals surface area contributed by atoms with Gasteiger partial charge in [0.25, 0.3) is 0 Å². The summed E-state index contributed by atoms with van der Waals surface area (Å²) in [6.07, 6.45) is -2.22. The van der Waals surface area contributed by atoms with Crippen LogP contribution in [0, 0.1) is 0 Å². The Hall–Kier alpha value is -1.61. The fraction of sp³-hybridized carbons (Fsp3) is 0.412. The van der Waals surface area contributed by atoms with Gasteiger partial charge in [-0.15, -0.1) is 11.3 Å². The van der Waals surface area contributed by atoms with Crippen molar-refractivity contribution >= 4 is 33.2 Å². The number of aliphatic imine (C=N–C) groups is 1. The molecule has 2 aromatic rings. The van der Waals surface area contributed by atoms with Crippen molar-refractivity contribution < 1.29 is 13.2 Å². The lowest BCUT2D eigenvalue weighted by Gasteiger charge is -2.19. The first-order valence-corrected chi connectivity index (χ1v) is 9.72. The van der Waals surface area contributed by atoms with Crippen LogP contribution in [-0.4, -0.2) is 24.5 Å². The van der Waals surface area contributed by atoms with E-state index in [-0.39, 0.29) is 12.0 Å². The van der Waals surface area contributed by atoms with Crippen LogP contribution in [0.2, 0.25) is 0 Å². The molecule has 3 rings (SSSR count). The molecule has 0 bridgehead atoms. The summed E-state index contributed by atoms with van der Waals surface area (Å²) in [5.74, 6) is 0.551. The van der Waals surface area contributed by atoms with E-state index in [0.717, 1.165) is 40.6 Å². The first-order chi connectivity index (χ1) is 12.3.